The van der Waals surface area contributed by atoms with E-state index in [9.17, 15) is 14.9 Å². The van der Waals surface area contributed by atoms with Crippen LogP contribution in [0, 0.1) is 24.2 Å². The first-order valence-electron chi connectivity index (χ1n) is 9.26. The van der Waals surface area contributed by atoms with Crippen LogP contribution in [0.3, 0.4) is 0 Å². The lowest BCUT2D eigenvalue weighted by Crippen LogP contribution is -2.49. The molecule has 0 radical (unpaired) electrons. The number of amides is 1. The summed E-state index contributed by atoms with van der Waals surface area (Å²) >= 11 is 0. The van der Waals surface area contributed by atoms with E-state index in [1.165, 1.54) is 0 Å². The second kappa shape index (κ2) is 6.75. The maximum atomic E-state index is 13.1. The van der Waals surface area contributed by atoms with Crippen LogP contribution in [0.1, 0.15) is 67.9 Å². The Bertz CT molecular complexity index is 758. The topological polar surface area (TPSA) is 70.4 Å². The number of nitrogens with zero attached hydrogens (tertiary/aromatic N) is 2. The van der Waals surface area contributed by atoms with Gasteiger partial charge in [0.1, 0.15) is 5.60 Å². The number of carbonyl (C=O) groups excluding carboxylic acids is 2. The molecule has 5 nitrogen and oxygen atoms in total. The molecule has 2 bridgehead atoms. The molecule has 2 heterocycles. The zero-order chi connectivity index (χ0) is 19.1. The van der Waals surface area contributed by atoms with E-state index in [0.717, 1.165) is 18.4 Å². The third kappa shape index (κ3) is 3.46. The highest BCUT2D eigenvalue weighted by molar-refractivity contribution is 6.01. The van der Waals surface area contributed by atoms with Gasteiger partial charge in [-0.1, -0.05) is 12.1 Å². The Kier molecular flexibility index (Phi) is 4.79. The van der Waals surface area contributed by atoms with Crippen LogP contribution in [-0.2, 0) is 4.74 Å². The largest absolute Gasteiger partial charge is 0.444 e. The Labute approximate surface area is 154 Å². The van der Waals surface area contributed by atoms with Crippen molar-refractivity contribution in [3.05, 3.63) is 34.9 Å². The van der Waals surface area contributed by atoms with Crippen molar-refractivity contribution in [3.63, 3.8) is 0 Å². The van der Waals surface area contributed by atoms with Crippen molar-refractivity contribution in [2.45, 2.75) is 71.1 Å². The van der Waals surface area contributed by atoms with E-state index >= 15 is 0 Å². The van der Waals surface area contributed by atoms with Crippen molar-refractivity contribution >= 4 is 11.9 Å². The Balaban J connectivity index is 1.79. The minimum atomic E-state index is -0.522. The van der Waals surface area contributed by atoms with E-state index in [0.29, 0.717) is 24.0 Å². The molecule has 138 valence electrons. The average molecular weight is 354 g/mol. The molecule has 2 fully saturated rings. The van der Waals surface area contributed by atoms with Crippen LogP contribution in [0.2, 0.25) is 0 Å². The summed E-state index contributed by atoms with van der Waals surface area (Å²) in [5.41, 5.74) is 1.31. The van der Waals surface area contributed by atoms with Gasteiger partial charge in [-0.25, -0.2) is 4.79 Å². The van der Waals surface area contributed by atoms with E-state index in [1.807, 2.05) is 38.7 Å². The number of piperidine rings is 1. The van der Waals surface area contributed by atoms with Gasteiger partial charge in [0.05, 0.1) is 11.6 Å². The lowest BCUT2D eigenvalue weighted by atomic mass is 9.82. The Morgan fingerprint density at radius 3 is 2.35 bits per heavy atom. The molecule has 1 aromatic rings. The van der Waals surface area contributed by atoms with Crippen LogP contribution in [0.4, 0.5) is 4.79 Å². The fraction of sp³-hybridized carbons (Fsp3) is 0.571. The summed E-state index contributed by atoms with van der Waals surface area (Å²) in [6, 6.07) is 7.62. The molecule has 0 saturated carbocycles. The van der Waals surface area contributed by atoms with Gasteiger partial charge >= 0.3 is 6.09 Å². The summed E-state index contributed by atoms with van der Waals surface area (Å²) in [7, 11) is 0. The number of Topliss-reactive ketones (excluding diaryl/α,β-unsaturated/α-hetero) is 1. The number of benzene rings is 1. The van der Waals surface area contributed by atoms with Crippen LogP contribution < -0.4 is 0 Å². The summed E-state index contributed by atoms with van der Waals surface area (Å²) < 4.78 is 5.55. The number of nitriles is 1. The Morgan fingerprint density at radius 2 is 1.81 bits per heavy atom. The number of hydrogen-bond donors (Lipinski definition) is 0. The third-order valence-corrected chi connectivity index (χ3v) is 5.35. The average Bonchev–Trinajstić information content (AvgIpc) is 2.82. The van der Waals surface area contributed by atoms with Gasteiger partial charge < -0.3 is 9.64 Å². The monoisotopic (exact) mass is 354 g/mol. The van der Waals surface area contributed by atoms with Crippen molar-refractivity contribution in [2.24, 2.45) is 5.92 Å². The van der Waals surface area contributed by atoms with Gasteiger partial charge in [-0.2, -0.15) is 5.26 Å². The standard InChI is InChI=1S/C21H26N2O3/c1-13-6-5-7-14(12-22)18(13)19(24)15-10-16-8-9-17(11-15)23(16)20(25)26-21(2,3)4/h5-7,15-17H,8-11H2,1-4H3. The van der Waals surface area contributed by atoms with Gasteiger partial charge in [-0.3, -0.25) is 4.79 Å². The van der Waals surface area contributed by atoms with Crippen molar-refractivity contribution < 1.29 is 14.3 Å². The van der Waals surface area contributed by atoms with Crippen molar-refractivity contribution in [2.75, 3.05) is 0 Å². The molecule has 0 spiro atoms. The number of ketones is 1. The van der Waals surface area contributed by atoms with E-state index in [4.69, 9.17) is 4.74 Å². The third-order valence-electron chi connectivity index (χ3n) is 5.35. The second-order valence-corrected chi connectivity index (χ2v) is 8.41. The van der Waals surface area contributed by atoms with Gasteiger partial charge in [0.15, 0.2) is 5.78 Å². The molecule has 0 N–H and O–H groups in total. The van der Waals surface area contributed by atoms with Gasteiger partial charge in [-0.05, 0) is 65.0 Å². The van der Waals surface area contributed by atoms with Gasteiger partial charge in [0.2, 0.25) is 0 Å². The second-order valence-electron chi connectivity index (χ2n) is 8.41. The van der Waals surface area contributed by atoms with Crippen LogP contribution in [0.25, 0.3) is 0 Å². The molecule has 26 heavy (non-hydrogen) atoms. The highest BCUT2D eigenvalue weighted by atomic mass is 16.6. The Morgan fingerprint density at radius 1 is 1.19 bits per heavy atom. The van der Waals surface area contributed by atoms with E-state index < -0.39 is 5.60 Å². The lowest BCUT2D eigenvalue weighted by Gasteiger charge is -2.39. The molecule has 0 aromatic heterocycles. The number of fused-ring (bicyclic) bond motifs is 2. The molecule has 3 rings (SSSR count). The molecular formula is C21H26N2O3. The number of carbonyl (C=O) groups is 2. The lowest BCUT2D eigenvalue weighted by molar-refractivity contribution is 0.00253. The minimum Gasteiger partial charge on any atom is -0.444 e. The van der Waals surface area contributed by atoms with Crippen LogP contribution in [-0.4, -0.2) is 34.5 Å². The number of hydrogen-bond acceptors (Lipinski definition) is 4. The molecule has 0 aliphatic carbocycles. The normalized spacial score (nSPS) is 24.9. The minimum absolute atomic E-state index is 0.0420. The first kappa shape index (κ1) is 18.4. The molecule has 5 heteroatoms. The van der Waals surface area contributed by atoms with Crippen LogP contribution >= 0.6 is 0 Å². The van der Waals surface area contributed by atoms with Gasteiger partial charge in [-0.15, -0.1) is 0 Å². The van der Waals surface area contributed by atoms with Crippen molar-refractivity contribution in [1.82, 2.24) is 4.90 Å². The summed E-state index contributed by atoms with van der Waals surface area (Å²) in [4.78, 5) is 27.5. The van der Waals surface area contributed by atoms with Gasteiger partial charge in [0, 0.05) is 23.6 Å². The van der Waals surface area contributed by atoms with E-state index in [1.54, 1.807) is 12.1 Å². The zero-order valence-corrected chi connectivity index (χ0v) is 15.9. The molecule has 2 saturated heterocycles. The SMILES string of the molecule is Cc1cccc(C#N)c1C(=O)C1CC2CCC(C1)N2C(=O)OC(C)(C)C. The molecule has 2 unspecified atom stereocenters. The number of rotatable bonds is 2. The summed E-state index contributed by atoms with van der Waals surface area (Å²) in [6.45, 7) is 7.47. The summed E-state index contributed by atoms with van der Waals surface area (Å²) in [6.07, 6.45) is 2.84. The Hall–Kier alpha value is -2.35. The molecule has 2 atom stereocenters. The first-order valence-corrected chi connectivity index (χ1v) is 9.26. The highest BCUT2D eigenvalue weighted by Gasteiger charge is 2.46. The quantitative estimate of drug-likeness (QED) is 0.745. The van der Waals surface area contributed by atoms with Crippen LogP contribution in [0.5, 0.6) is 0 Å². The molecular weight excluding hydrogens is 328 g/mol. The molecule has 1 aromatic carbocycles. The molecule has 1 amide bonds. The fourth-order valence-electron chi connectivity index (χ4n) is 4.30. The van der Waals surface area contributed by atoms with E-state index in [2.05, 4.69) is 6.07 Å². The predicted molar refractivity (Wildman–Crippen MR) is 97.8 cm³/mol. The maximum absolute atomic E-state index is 13.1. The van der Waals surface area contributed by atoms with Gasteiger partial charge in [0.25, 0.3) is 0 Å². The highest BCUT2D eigenvalue weighted by Crippen LogP contribution is 2.41. The maximum Gasteiger partial charge on any atom is 0.410 e. The molecule has 2 aliphatic rings. The van der Waals surface area contributed by atoms with Crippen molar-refractivity contribution in [1.29, 1.82) is 5.26 Å². The predicted octanol–water partition coefficient (Wildman–Crippen LogP) is 4.23. The van der Waals surface area contributed by atoms with Crippen molar-refractivity contribution in [3.8, 4) is 6.07 Å². The smallest absolute Gasteiger partial charge is 0.410 e. The summed E-state index contributed by atoms with van der Waals surface area (Å²) in [5.74, 6) is -0.0974. The number of aryl methyl sites for hydroxylation is 1. The summed E-state index contributed by atoms with van der Waals surface area (Å²) in [5, 5.41) is 9.36. The zero-order valence-electron chi connectivity index (χ0n) is 15.9. The molecule has 2 aliphatic heterocycles. The fourth-order valence-corrected chi connectivity index (χ4v) is 4.30. The number of ether oxygens (including phenoxy) is 1. The van der Waals surface area contributed by atoms with E-state index in [-0.39, 0.29) is 29.9 Å². The van der Waals surface area contributed by atoms with Crippen LogP contribution in [0.15, 0.2) is 18.2 Å². The first-order chi connectivity index (χ1) is 12.2.